The van der Waals surface area contributed by atoms with E-state index in [1.165, 1.54) is 19.1 Å². The SMILES string of the molecule is [c]1coc(-c2cnn(CC3CC3)c2)n1. The Balaban J connectivity index is 1.82. The van der Waals surface area contributed by atoms with Gasteiger partial charge < -0.3 is 4.42 Å². The van der Waals surface area contributed by atoms with Crippen LogP contribution in [-0.4, -0.2) is 14.8 Å². The minimum absolute atomic E-state index is 0.590. The average Bonchev–Trinajstić information content (AvgIpc) is 2.71. The molecule has 2 aromatic heterocycles. The zero-order valence-corrected chi connectivity index (χ0v) is 7.68. The molecule has 0 amide bonds. The molecule has 1 saturated carbocycles. The summed E-state index contributed by atoms with van der Waals surface area (Å²) in [6.45, 7) is 1.02. The van der Waals surface area contributed by atoms with E-state index >= 15 is 0 Å². The van der Waals surface area contributed by atoms with Crippen molar-refractivity contribution >= 4 is 0 Å². The van der Waals surface area contributed by atoms with Crippen molar-refractivity contribution in [3.63, 3.8) is 0 Å². The lowest BCUT2D eigenvalue weighted by atomic mass is 10.3. The van der Waals surface area contributed by atoms with Gasteiger partial charge in [-0.25, -0.2) is 4.98 Å². The van der Waals surface area contributed by atoms with Gasteiger partial charge in [0.25, 0.3) is 0 Å². The van der Waals surface area contributed by atoms with Crippen molar-refractivity contribution in [3.8, 4) is 11.5 Å². The first kappa shape index (κ1) is 7.79. The second kappa shape index (κ2) is 2.97. The maximum atomic E-state index is 5.13. The number of aromatic nitrogens is 3. The number of rotatable bonds is 3. The second-order valence-electron chi connectivity index (χ2n) is 3.68. The van der Waals surface area contributed by atoms with Gasteiger partial charge in [-0.1, -0.05) is 0 Å². The van der Waals surface area contributed by atoms with E-state index in [4.69, 9.17) is 4.42 Å². The predicted octanol–water partition coefficient (Wildman–Crippen LogP) is 1.75. The highest BCUT2D eigenvalue weighted by atomic mass is 16.3. The summed E-state index contributed by atoms with van der Waals surface area (Å²) in [5.41, 5.74) is 0.923. The van der Waals surface area contributed by atoms with Crippen LogP contribution >= 0.6 is 0 Å². The zero-order chi connectivity index (χ0) is 9.38. The topological polar surface area (TPSA) is 43.9 Å². The van der Waals surface area contributed by atoms with Crippen molar-refractivity contribution in [2.24, 2.45) is 5.92 Å². The van der Waals surface area contributed by atoms with Gasteiger partial charge in [0.15, 0.2) is 0 Å². The fourth-order valence-electron chi connectivity index (χ4n) is 1.46. The van der Waals surface area contributed by atoms with E-state index < -0.39 is 0 Å². The lowest BCUT2D eigenvalue weighted by molar-refractivity contribution is 0.561. The maximum absolute atomic E-state index is 5.13. The number of oxazole rings is 1. The lowest BCUT2D eigenvalue weighted by Crippen LogP contribution is -1.98. The van der Waals surface area contributed by atoms with Crippen LogP contribution in [0.25, 0.3) is 11.5 Å². The van der Waals surface area contributed by atoms with Crippen LogP contribution in [-0.2, 0) is 6.54 Å². The Kier molecular flexibility index (Phi) is 1.65. The van der Waals surface area contributed by atoms with E-state index in [2.05, 4.69) is 16.3 Å². The van der Waals surface area contributed by atoms with Crippen molar-refractivity contribution in [3.05, 3.63) is 24.9 Å². The molecule has 71 valence electrons. The molecule has 14 heavy (non-hydrogen) atoms. The van der Waals surface area contributed by atoms with Gasteiger partial charge in [0.2, 0.25) is 5.89 Å². The molecule has 4 nitrogen and oxygen atoms in total. The summed E-state index contributed by atoms with van der Waals surface area (Å²) in [4.78, 5) is 3.95. The Hall–Kier alpha value is -1.58. The molecule has 1 radical (unpaired) electrons. The molecule has 0 bridgehead atoms. The van der Waals surface area contributed by atoms with Crippen molar-refractivity contribution in [2.45, 2.75) is 19.4 Å². The Morgan fingerprint density at radius 3 is 3.21 bits per heavy atom. The molecule has 0 unspecified atom stereocenters. The van der Waals surface area contributed by atoms with Crippen LogP contribution in [0.4, 0.5) is 0 Å². The molecule has 0 aliphatic heterocycles. The number of hydrogen-bond donors (Lipinski definition) is 0. The van der Waals surface area contributed by atoms with Gasteiger partial charge in [0.05, 0.1) is 11.8 Å². The molecule has 0 saturated heterocycles. The van der Waals surface area contributed by atoms with Crippen LogP contribution in [0.1, 0.15) is 12.8 Å². The largest absolute Gasteiger partial charge is 0.444 e. The monoisotopic (exact) mass is 188 g/mol. The first-order chi connectivity index (χ1) is 6.92. The fraction of sp³-hybridized carbons (Fsp3) is 0.400. The molecule has 1 aliphatic rings. The molecule has 4 heteroatoms. The van der Waals surface area contributed by atoms with Crippen molar-refractivity contribution in [1.29, 1.82) is 0 Å². The van der Waals surface area contributed by atoms with Crippen molar-refractivity contribution in [2.75, 3.05) is 0 Å². The summed E-state index contributed by atoms with van der Waals surface area (Å²) in [6, 6.07) is 0. The molecule has 1 aliphatic carbocycles. The van der Waals surface area contributed by atoms with Gasteiger partial charge in [-0.3, -0.25) is 4.68 Å². The zero-order valence-electron chi connectivity index (χ0n) is 7.68. The molecule has 0 N–H and O–H groups in total. The third kappa shape index (κ3) is 1.43. The Labute approximate surface area is 81.6 Å². The molecular formula is C10H10N3O. The second-order valence-corrected chi connectivity index (χ2v) is 3.68. The summed E-state index contributed by atoms with van der Waals surface area (Å²) in [5.74, 6) is 1.42. The van der Waals surface area contributed by atoms with Crippen molar-refractivity contribution < 1.29 is 4.42 Å². The fourth-order valence-corrected chi connectivity index (χ4v) is 1.46. The van der Waals surface area contributed by atoms with Gasteiger partial charge in [0, 0.05) is 12.7 Å². The third-order valence-electron chi connectivity index (χ3n) is 2.41. The Morgan fingerprint density at radius 1 is 1.57 bits per heavy atom. The standard InChI is InChI=1S/C10H10N3O/c1-2-8(1)6-13-7-9(5-12-13)10-11-3-4-14-10/h4-5,7-8H,1-2,6H2. The van der Waals surface area contributed by atoms with E-state index in [0.717, 1.165) is 18.0 Å². The maximum Gasteiger partial charge on any atom is 0.229 e. The Morgan fingerprint density at radius 2 is 2.50 bits per heavy atom. The minimum Gasteiger partial charge on any atom is -0.444 e. The first-order valence-corrected chi connectivity index (χ1v) is 4.76. The summed E-state index contributed by atoms with van der Waals surface area (Å²) in [6.07, 6.45) is 10.5. The highest BCUT2D eigenvalue weighted by Gasteiger charge is 2.22. The van der Waals surface area contributed by atoms with Crippen LogP contribution < -0.4 is 0 Å². The van der Waals surface area contributed by atoms with Crippen LogP contribution in [0.15, 0.2) is 23.1 Å². The molecule has 0 spiro atoms. The summed E-state index contributed by atoms with van der Waals surface area (Å²) >= 11 is 0. The van der Waals surface area contributed by atoms with Crippen LogP contribution in [0.2, 0.25) is 0 Å². The normalized spacial score (nSPS) is 16.0. The molecule has 0 aromatic carbocycles. The van der Waals surface area contributed by atoms with E-state index in [-0.39, 0.29) is 0 Å². The molecule has 3 rings (SSSR count). The van der Waals surface area contributed by atoms with E-state index in [0.29, 0.717) is 5.89 Å². The highest BCUT2D eigenvalue weighted by Crippen LogP contribution is 2.30. The molecule has 2 aromatic rings. The average molecular weight is 188 g/mol. The van der Waals surface area contributed by atoms with Gasteiger partial charge in [0.1, 0.15) is 12.5 Å². The predicted molar refractivity (Wildman–Crippen MR) is 49.3 cm³/mol. The summed E-state index contributed by atoms with van der Waals surface area (Å²) in [5, 5.41) is 4.26. The van der Waals surface area contributed by atoms with Crippen molar-refractivity contribution in [1.82, 2.24) is 14.8 Å². The van der Waals surface area contributed by atoms with Crippen LogP contribution in [0, 0.1) is 12.1 Å². The van der Waals surface area contributed by atoms with E-state index in [9.17, 15) is 0 Å². The molecular weight excluding hydrogens is 178 g/mol. The highest BCUT2D eigenvalue weighted by molar-refractivity contribution is 5.49. The minimum atomic E-state index is 0.590. The lowest BCUT2D eigenvalue weighted by Gasteiger charge is -1.95. The number of nitrogens with zero attached hydrogens (tertiary/aromatic N) is 3. The summed E-state index contributed by atoms with van der Waals surface area (Å²) in [7, 11) is 0. The van der Waals surface area contributed by atoms with E-state index in [1.807, 2.05) is 10.9 Å². The third-order valence-corrected chi connectivity index (χ3v) is 2.41. The van der Waals surface area contributed by atoms with Crippen LogP contribution in [0.3, 0.4) is 0 Å². The van der Waals surface area contributed by atoms with Gasteiger partial charge in [-0.15, -0.1) is 0 Å². The quantitative estimate of drug-likeness (QED) is 0.737. The molecule has 0 atom stereocenters. The Bertz CT molecular complexity index is 414. The van der Waals surface area contributed by atoms with E-state index in [1.54, 1.807) is 6.20 Å². The van der Waals surface area contributed by atoms with Crippen LogP contribution in [0.5, 0.6) is 0 Å². The molecule has 2 heterocycles. The van der Waals surface area contributed by atoms with Gasteiger partial charge >= 0.3 is 0 Å². The first-order valence-electron chi connectivity index (χ1n) is 4.76. The molecule has 1 fully saturated rings. The van der Waals surface area contributed by atoms with Gasteiger partial charge in [-0.05, 0) is 18.8 Å². The summed E-state index contributed by atoms with van der Waals surface area (Å²) < 4.78 is 7.09. The number of hydrogen-bond acceptors (Lipinski definition) is 3. The van der Waals surface area contributed by atoms with Gasteiger partial charge in [-0.2, -0.15) is 5.10 Å². The smallest absolute Gasteiger partial charge is 0.229 e.